The van der Waals surface area contributed by atoms with Crippen molar-refractivity contribution in [3.8, 4) is 5.75 Å². The maximum atomic E-state index is 5.81. The first-order valence-corrected chi connectivity index (χ1v) is 8.29. The molecule has 0 aliphatic heterocycles. The Kier molecular flexibility index (Phi) is 5.26. The van der Waals surface area contributed by atoms with Gasteiger partial charge < -0.3 is 10.1 Å². The molecule has 2 rings (SSSR count). The number of ether oxygens (including phenoxy) is 1. The summed E-state index contributed by atoms with van der Waals surface area (Å²) in [7, 11) is 0. The first kappa shape index (κ1) is 16.3. The number of hydrogen-bond acceptors (Lipinski definition) is 3. The molecule has 2 unspecified atom stereocenters. The molecular formula is C18H30N2O. The van der Waals surface area contributed by atoms with Crippen molar-refractivity contribution < 1.29 is 4.74 Å². The van der Waals surface area contributed by atoms with E-state index in [1.54, 1.807) is 0 Å². The standard InChI is InChI=1S/C18H30N2O/c1-6-20-17(16-8-7-9-18(16,4)5)14-10-15(12-19-11-14)21-13(2)3/h10-13,16-17,20H,6-9H2,1-5H3. The Balaban J connectivity index is 2.25. The van der Waals surface area contributed by atoms with Crippen LogP contribution in [0.4, 0.5) is 0 Å². The van der Waals surface area contributed by atoms with Crippen LogP contribution in [-0.2, 0) is 0 Å². The van der Waals surface area contributed by atoms with E-state index >= 15 is 0 Å². The predicted octanol–water partition coefficient (Wildman–Crippen LogP) is 4.35. The van der Waals surface area contributed by atoms with E-state index in [1.807, 2.05) is 12.4 Å². The van der Waals surface area contributed by atoms with Crippen molar-refractivity contribution in [3.05, 3.63) is 24.0 Å². The van der Waals surface area contributed by atoms with Gasteiger partial charge in [0.25, 0.3) is 0 Å². The van der Waals surface area contributed by atoms with Gasteiger partial charge in [-0.1, -0.05) is 27.2 Å². The van der Waals surface area contributed by atoms with E-state index in [0.29, 0.717) is 17.4 Å². The highest BCUT2D eigenvalue weighted by atomic mass is 16.5. The zero-order chi connectivity index (χ0) is 15.5. The van der Waals surface area contributed by atoms with Crippen molar-refractivity contribution >= 4 is 0 Å². The molecular weight excluding hydrogens is 260 g/mol. The molecule has 0 saturated heterocycles. The zero-order valence-corrected chi connectivity index (χ0v) is 14.1. The molecule has 1 aliphatic rings. The molecule has 3 heteroatoms. The van der Waals surface area contributed by atoms with Crippen molar-refractivity contribution in [2.75, 3.05) is 6.54 Å². The fourth-order valence-electron chi connectivity index (χ4n) is 3.63. The van der Waals surface area contributed by atoms with Crippen LogP contribution in [0.3, 0.4) is 0 Å². The highest BCUT2D eigenvalue weighted by molar-refractivity contribution is 5.27. The fourth-order valence-corrected chi connectivity index (χ4v) is 3.63. The summed E-state index contributed by atoms with van der Waals surface area (Å²) in [4.78, 5) is 4.39. The van der Waals surface area contributed by atoms with Gasteiger partial charge in [-0.25, -0.2) is 0 Å². The number of pyridine rings is 1. The van der Waals surface area contributed by atoms with Gasteiger partial charge in [0.2, 0.25) is 0 Å². The summed E-state index contributed by atoms with van der Waals surface area (Å²) in [6.07, 6.45) is 7.92. The van der Waals surface area contributed by atoms with Gasteiger partial charge in [0.1, 0.15) is 5.75 Å². The van der Waals surface area contributed by atoms with Crippen LogP contribution < -0.4 is 10.1 Å². The van der Waals surface area contributed by atoms with E-state index in [0.717, 1.165) is 12.3 Å². The smallest absolute Gasteiger partial charge is 0.138 e. The van der Waals surface area contributed by atoms with Gasteiger partial charge in [-0.2, -0.15) is 0 Å². The SMILES string of the molecule is CCNC(c1cncc(OC(C)C)c1)C1CCCC1(C)C. The Morgan fingerprint density at radius 3 is 2.71 bits per heavy atom. The van der Waals surface area contributed by atoms with Gasteiger partial charge >= 0.3 is 0 Å². The van der Waals surface area contributed by atoms with Crippen LogP contribution >= 0.6 is 0 Å². The minimum absolute atomic E-state index is 0.183. The predicted molar refractivity (Wildman–Crippen MR) is 87.5 cm³/mol. The molecule has 1 aromatic rings. The lowest BCUT2D eigenvalue weighted by Crippen LogP contribution is -2.34. The minimum Gasteiger partial charge on any atom is -0.489 e. The van der Waals surface area contributed by atoms with Gasteiger partial charge in [0, 0.05) is 12.2 Å². The third-order valence-electron chi connectivity index (χ3n) is 4.63. The molecule has 2 atom stereocenters. The first-order chi connectivity index (χ1) is 9.94. The molecule has 0 amide bonds. The summed E-state index contributed by atoms with van der Waals surface area (Å²) in [5, 5.41) is 3.68. The lowest BCUT2D eigenvalue weighted by molar-refractivity contribution is 0.197. The Labute approximate surface area is 129 Å². The molecule has 3 nitrogen and oxygen atoms in total. The van der Waals surface area contributed by atoms with E-state index in [4.69, 9.17) is 4.74 Å². The number of nitrogens with zero attached hydrogens (tertiary/aromatic N) is 1. The second-order valence-electron chi connectivity index (χ2n) is 7.14. The van der Waals surface area contributed by atoms with Crippen molar-refractivity contribution in [2.45, 2.75) is 66.0 Å². The van der Waals surface area contributed by atoms with E-state index in [1.165, 1.54) is 24.8 Å². The van der Waals surface area contributed by atoms with Crippen LogP contribution in [0.5, 0.6) is 5.75 Å². The van der Waals surface area contributed by atoms with Gasteiger partial charge in [0.15, 0.2) is 0 Å². The quantitative estimate of drug-likeness (QED) is 0.846. The topological polar surface area (TPSA) is 34.2 Å². The van der Waals surface area contributed by atoms with Gasteiger partial charge in [-0.3, -0.25) is 4.98 Å². The molecule has 0 spiro atoms. The van der Waals surface area contributed by atoms with Crippen molar-refractivity contribution in [3.63, 3.8) is 0 Å². The van der Waals surface area contributed by atoms with Crippen LogP contribution in [0.25, 0.3) is 0 Å². The van der Waals surface area contributed by atoms with E-state index in [-0.39, 0.29) is 6.10 Å². The first-order valence-electron chi connectivity index (χ1n) is 8.29. The number of rotatable bonds is 6. The van der Waals surface area contributed by atoms with Gasteiger partial charge in [-0.15, -0.1) is 0 Å². The largest absolute Gasteiger partial charge is 0.489 e. The van der Waals surface area contributed by atoms with Crippen molar-refractivity contribution in [1.82, 2.24) is 10.3 Å². The van der Waals surface area contributed by atoms with E-state index < -0.39 is 0 Å². The third kappa shape index (κ3) is 3.97. The molecule has 1 N–H and O–H groups in total. The summed E-state index contributed by atoms with van der Waals surface area (Å²) in [6, 6.07) is 2.53. The summed E-state index contributed by atoms with van der Waals surface area (Å²) in [6.45, 7) is 12.1. The molecule has 0 radical (unpaired) electrons. The van der Waals surface area contributed by atoms with E-state index in [2.05, 4.69) is 51.0 Å². The minimum atomic E-state index is 0.183. The molecule has 1 saturated carbocycles. The summed E-state index contributed by atoms with van der Waals surface area (Å²) in [5.41, 5.74) is 1.65. The highest BCUT2D eigenvalue weighted by Gasteiger charge is 2.39. The number of hydrogen-bond donors (Lipinski definition) is 1. The maximum Gasteiger partial charge on any atom is 0.138 e. The fraction of sp³-hybridized carbons (Fsp3) is 0.722. The van der Waals surface area contributed by atoms with Crippen LogP contribution in [0, 0.1) is 11.3 Å². The Bertz CT molecular complexity index is 456. The highest BCUT2D eigenvalue weighted by Crippen LogP contribution is 2.48. The molecule has 1 heterocycles. The monoisotopic (exact) mass is 290 g/mol. The number of aromatic nitrogens is 1. The lowest BCUT2D eigenvalue weighted by Gasteiger charge is -2.35. The molecule has 1 aliphatic carbocycles. The molecule has 21 heavy (non-hydrogen) atoms. The van der Waals surface area contributed by atoms with Crippen molar-refractivity contribution in [2.24, 2.45) is 11.3 Å². The second kappa shape index (κ2) is 6.78. The van der Waals surface area contributed by atoms with Crippen LogP contribution in [0.2, 0.25) is 0 Å². The average molecular weight is 290 g/mol. The Hall–Kier alpha value is -1.09. The Morgan fingerprint density at radius 1 is 1.38 bits per heavy atom. The summed E-state index contributed by atoms with van der Waals surface area (Å²) in [5.74, 6) is 1.54. The normalized spacial score (nSPS) is 22.5. The summed E-state index contributed by atoms with van der Waals surface area (Å²) < 4.78 is 5.81. The van der Waals surface area contributed by atoms with Gasteiger partial charge in [0.05, 0.1) is 12.3 Å². The third-order valence-corrected chi connectivity index (χ3v) is 4.63. The zero-order valence-electron chi connectivity index (χ0n) is 14.1. The molecule has 118 valence electrons. The van der Waals surface area contributed by atoms with E-state index in [9.17, 15) is 0 Å². The van der Waals surface area contributed by atoms with Crippen molar-refractivity contribution in [1.29, 1.82) is 0 Å². The molecule has 1 fully saturated rings. The van der Waals surface area contributed by atoms with Crippen LogP contribution in [-0.4, -0.2) is 17.6 Å². The average Bonchev–Trinajstić information content (AvgIpc) is 2.75. The number of nitrogens with one attached hydrogen (secondary N) is 1. The van der Waals surface area contributed by atoms with Crippen LogP contribution in [0.1, 0.15) is 65.5 Å². The molecule has 1 aromatic heterocycles. The van der Waals surface area contributed by atoms with Crippen LogP contribution in [0.15, 0.2) is 18.5 Å². The second-order valence-corrected chi connectivity index (χ2v) is 7.14. The molecule has 0 aromatic carbocycles. The Morgan fingerprint density at radius 2 is 2.14 bits per heavy atom. The van der Waals surface area contributed by atoms with Gasteiger partial charge in [-0.05, 0) is 56.2 Å². The molecule has 0 bridgehead atoms. The maximum absolute atomic E-state index is 5.81. The summed E-state index contributed by atoms with van der Waals surface area (Å²) >= 11 is 0. The lowest BCUT2D eigenvalue weighted by atomic mass is 9.75.